The van der Waals surface area contributed by atoms with Gasteiger partial charge >= 0.3 is 0 Å². The van der Waals surface area contributed by atoms with E-state index in [0.717, 1.165) is 51.2 Å². The molecule has 0 unspecified atom stereocenters. The molecule has 0 saturated heterocycles. The van der Waals surface area contributed by atoms with E-state index >= 15 is 0 Å². The minimum absolute atomic E-state index is 0.289. The Morgan fingerprint density at radius 3 is 1.75 bits per heavy atom. The molecule has 1 aromatic heterocycles. The van der Waals surface area contributed by atoms with Crippen LogP contribution in [0.25, 0.3) is 33.0 Å². The first-order chi connectivity index (χ1) is 27.3. The van der Waals surface area contributed by atoms with Crippen LogP contribution in [-0.4, -0.2) is 15.8 Å². The zero-order chi connectivity index (χ0) is 38.0. The lowest BCUT2D eigenvalue weighted by molar-refractivity contribution is 0.516. The second-order valence-electron chi connectivity index (χ2n) is 15.8. The van der Waals surface area contributed by atoms with Crippen LogP contribution in [-0.2, 0) is 11.0 Å². The first-order valence-corrected chi connectivity index (χ1v) is 19.3. The summed E-state index contributed by atoms with van der Waals surface area (Å²) in [6.07, 6.45) is 1.70. The Balaban J connectivity index is 1.07. The number of rotatable bonds is 6. The number of para-hydroxylation sites is 1. The van der Waals surface area contributed by atoms with Crippen molar-refractivity contribution in [1.82, 2.24) is 9.97 Å². The van der Waals surface area contributed by atoms with Gasteiger partial charge in [0.25, 0.3) is 0 Å². The fraction of sp³-hybridized carbons (Fsp3) is 0.118. The fourth-order valence-corrected chi connectivity index (χ4v) is 8.63. The Morgan fingerprint density at radius 1 is 0.482 bits per heavy atom. The van der Waals surface area contributed by atoms with E-state index in [4.69, 9.17) is 15.0 Å². The molecule has 0 bridgehead atoms. The summed E-state index contributed by atoms with van der Waals surface area (Å²) in [6.45, 7) is 8.82. The average Bonchev–Trinajstić information content (AvgIpc) is 3.24. The number of aromatic nitrogens is 2. The average molecular weight is 724 g/mol. The normalized spacial score (nSPS) is 14.8. The van der Waals surface area contributed by atoms with E-state index in [0.29, 0.717) is 0 Å². The van der Waals surface area contributed by atoms with Crippen LogP contribution in [0.5, 0.6) is 0 Å². The van der Waals surface area contributed by atoms with Crippen molar-refractivity contribution in [3.8, 4) is 22.3 Å². The predicted octanol–water partition coefficient (Wildman–Crippen LogP) is 12.9. The molecule has 0 amide bonds. The van der Waals surface area contributed by atoms with Crippen molar-refractivity contribution < 1.29 is 0 Å². The maximum absolute atomic E-state index is 5.43. The van der Waals surface area contributed by atoms with E-state index in [2.05, 4.69) is 207 Å². The number of fused-ring (bicyclic) bond motifs is 3. The van der Waals surface area contributed by atoms with E-state index in [1.807, 2.05) is 0 Å². The summed E-state index contributed by atoms with van der Waals surface area (Å²) in [5, 5.41) is 2.49. The van der Waals surface area contributed by atoms with Gasteiger partial charge in [0.15, 0.2) is 0 Å². The molecule has 5 heteroatoms. The van der Waals surface area contributed by atoms with E-state index in [1.54, 1.807) is 6.33 Å². The number of hydrogen-bond donors (Lipinski definition) is 0. The fourth-order valence-electron chi connectivity index (χ4n) is 8.63. The quantitative estimate of drug-likeness (QED) is 0.171. The highest BCUT2D eigenvalue weighted by Gasteiger charge is 2.46. The Kier molecular flexibility index (Phi) is 7.75. The van der Waals surface area contributed by atoms with Gasteiger partial charge in [-0.2, -0.15) is 0 Å². The summed E-state index contributed by atoms with van der Waals surface area (Å²) in [5.41, 5.74) is 13.6. The van der Waals surface area contributed by atoms with Crippen molar-refractivity contribution in [2.24, 2.45) is 4.99 Å². The SMILES string of the molecule is CC1(C)N=C(c2ccc(N(c3ccc(-c4ccccc4)cc3)c3ccc(-c4cccc5ccccc45)cc3)cc2)N2c3ccccc3C(C)(C)c3ncnc1c32. The summed E-state index contributed by atoms with van der Waals surface area (Å²) in [4.78, 5) is 19.8. The third-order valence-electron chi connectivity index (χ3n) is 11.5. The molecule has 2 aliphatic heterocycles. The molecule has 0 aliphatic carbocycles. The third kappa shape index (κ3) is 5.42. The zero-order valence-electron chi connectivity index (χ0n) is 32.0. The summed E-state index contributed by atoms with van der Waals surface area (Å²) < 4.78 is 0. The smallest absolute Gasteiger partial charge is 0.141 e. The summed E-state index contributed by atoms with van der Waals surface area (Å²) >= 11 is 0. The van der Waals surface area contributed by atoms with Gasteiger partial charge in [0.1, 0.15) is 17.7 Å². The molecule has 3 heterocycles. The van der Waals surface area contributed by atoms with Crippen LogP contribution in [0, 0.1) is 0 Å². The summed E-state index contributed by atoms with van der Waals surface area (Å²) in [6, 6.07) is 60.9. The molecular formula is C51H41N5. The van der Waals surface area contributed by atoms with Crippen molar-refractivity contribution in [1.29, 1.82) is 0 Å². The highest BCUT2D eigenvalue weighted by atomic mass is 15.3. The minimum Gasteiger partial charge on any atom is -0.311 e. The first-order valence-electron chi connectivity index (χ1n) is 19.3. The standard InChI is InChI=1S/C51H41N5/c1-50(2)44-19-10-11-20-45(44)56-46-47(50)52-33-53-48(46)51(3,4)54-49(56)38-25-31-41(32-26-38)55(39-27-21-35(22-28-39)34-13-6-5-7-14-34)40-29-23-37(24-30-40)43-18-12-16-36-15-8-9-17-42(36)43/h5-33H,1-4H3. The molecule has 56 heavy (non-hydrogen) atoms. The van der Waals surface area contributed by atoms with Crippen LogP contribution in [0.2, 0.25) is 0 Å². The molecule has 2 aliphatic rings. The van der Waals surface area contributed by atoms with Gasteiger partial charge < -0.3 is 4.90 Å². The molecule has 0 fully saturated rings. The summed E-state index contributed by atoms with van der Waals surface area (Å²) in [5.74, 6) is 0.895. The predicted molar refractivity (Wildman–Crippen MR) is 232 cm³/mol. The molecule has 7 aromatic carbocycles. The number of hydrogen-bond acceptors (Lipinski definition) is 5. The van der Waals surface area contributed by atoms with Gasteiger partial charge in [0.05, 0.1) is 22.8 Å². The van der Waals surface area contributed by atoms with Crippen LogP contribution >= 0.6 is 0 Å². The number of nitrogens with zero attached hydrogens (tertiary/aromatic N) is 5. The lowest BCUT2D eigenvalue weighted by atomic mass is 9.74. The monoisotopic (exact) mass is 723 g/mol. The first kappa shape index (κ1) is 33.7. The second kappa shape index (κ2) is 12.9. The topological polar surface area (TPSA) is 44.6 Å². The lowest BCUT2D eigenvalue weighted by Crippen LogP contribution is -2.44. The van der Waals surface area contributed by atoms with Gasteiger partial charge in [0.2, 0.25) is 0 Å². The maximum Gasteiger partial charge on any atom is 0.141 e. The van der Waals surface area contributed by atoms with Crippen LogP contribution in [0.15, 0.2) is 181 Å². The molecule has 0 atom stereocenters. The van der Waals surface area contributed by atoms with Crippen LogP contribution in [0.1, 0.15) is 50.2 Å². The molecule has 8 aromatic rings. The Bertz CT molecular complexity index is 2780. The zero-order valence-corrected chi connectivity index (χ0v) is 32.0. The number of aliphatic imine (C=N–C) groups is 1. The highest BCUT2D eigenvalue weighted by Crippen LogP contribution is 2.53. The van der Waals surface area contributed by atoms with Gasteiger partial charge in [-0.05, 0) is 121 Å². The lowest BCUT2D eigenvalue weighted by Gasteiger charge is -2.46. The van der Waals surface area contributed by atoms with Gasteiger partial charge in [-0.3, -0.25) is 9.89 Å². The van der Waals surface area contributed by atoms with Gasteiger partial charge in [-0.1, -0.05) is 115 Å². The molecule has 10 rings (SSSR count). The molecule has 0 spiro atoms. The van der Waals surface area contributed by atoms with Crippen molar-refractivity contribution in [3.63, 3.8) is 0 Å². The van der Waals surface area contributed by atoms with Crippen molar-refractivity contribution >= 4 is 45.0 Å². The number of anilines is 5. The van der Waals surface area contributed by atoms with Crippen LogP contribution in [0.4, 0.5) is 28.4 Å². The van der Waals surface area contributed by atoms with Gasteiger partial charge in [0, 0.05) is 28.0 Å². The van der Waals surface area contributed by atoms with E-state index < -0.39 is 5.54 Å². The van der Waals surface area contributed by atoms with Crippen molar-refractivity contribution in [3.05, 3.63) is 199 Å². The third-order valence-corrected chi connectivity index (χ3v) is 11.5. The molecule has 5 nitrogen and oxygen atoms in total. The largest absolute Gasteiger partial charge is 0.311 e. The van der Waals surface area contributed by atoms with Crippen LogP contribution < -0.4 is 9.80 Å². The maximum atomic E-state index is 5.43. The van der Waals surface area contributed by atoms with Crippen molar-refractivity contribution in [2.75, 3.05) is 9.80 Å². The highest BCUT2D eigenvalue weighted by molar-refractivity contribution is 6.17. The molecule has 270 valence electrons. The number of amidine groups is 1. The Labute approximate surface area is 328 Å². The summed E-state index contributed by atoms with van der Waals surface area (Å²) in [7, 11) is 0. The minimum atomic E-state index is -0.543. The van der Waals surface area contributed by atoms with E-state index in [1.165, 1.54) is 38.6 Å². The van der Waals surface area contributed by atoms with Gasteiger partial charge in [-0.25, -0.2) is 9.97 Å². The van der Waals surface area contributed by atoms with E-state index in [-0.39, 0.29) is 5.41 Å². The van der Waals surface area contributed by atoms with Crippen LogP contribution in [0.3, 0.4) is 0 Å². The Hall–Kier alpha value is -6.85. The molecule has 0 saturated carbocycles. The van der Waals surface area contributed by atoms with Crippen molar-refractivity contribution in [2.45, 2.75) is 38.6 Å². The molecule has 0 radical (unpaired) electrons. The number of benzene rings is 7. The molecular weight excluding hydrogens is 683 g/mol. The molecule has 0 N–H and O–H groups in total. The van der Waals surface area contributed by atoms with Gasteiger partial charge in [-0.15, -0.1) is 0 Å². The second-order valence-corrected chi connectivity index (χ2v) is 15.8. The Morgan fingerprint density at radius 2 is 1.04 bits per heavy atom. The van der Waals surface area contributed by atoms with E-state index in [9.17, 15) is 0 Å².